The maximum atomic E-state index is 13.0. The summed E-state index contributed by atoms with van der Waals surface area (Å²) in [5, 5.41) is 9.31. The largest absolute Gasteiger partial charge is 0.478 e. The summed E-state index contributed by atoms with van der Waals surface area (Å²) >= 11 is 0. The first-order valence-corrected chi connectivity index (χ1v) is 7.43. The van der Waals surface area contributed by atoms with Crippen LogP contribution in [0.25, 0.3) is 0 Å². The van der Waals surface area contributed by atoms with Gasteiger partial charge in [0.15, 0.2) is 0 Å². The Hall–Kier alpha value is -2.95. The van der Waals surface area contributed by atoms with E-state index in [-0.39, 0.29) is 11.5 Å². The highest BCUT2D eigenvalue weighted by atomic mass is 16.4. The highest BCUT2D eigenvalue weighted by Crippen LogP contribution is 2.32. The Morgan fingerprint density at radius 1 is 0.957 bits per heavy atom. The Morgan fingerprint density at radius 3 is 2.30 bits per heavy atom. The van der Waals surface area contributed by atoms with Crippen LogP contribution >= 0.6 is 0 Å². The summed E-state index contributed by atoms with van der Waals surface area (Å²) in [6.45, 7) is 0. The highest BCUT2D eigenvalue weighted by Gasteiger charge is 2.30. The van der Waals surface area contributed by atoms with Crippen molar-refractivity contribution < 1.29 is 14.7 Å². The first-order valence-electron chi connectivity index (χ1n) is 7.43. The number of carboxylic acid groups (broad SMARTS) is 1. The Balaban J connectivity index is 2.08. The van der Waals surface area contributed by atoms with Crippen LogP contribution in [0.1, 0.15) is 19.3 Å². The van der Waals surface area contributed by atoms with Crippen molar-refractivity contribution in [2.45, 2.75) is 19.3 Å². The summed E-state index contributed by atoms with van der Waals surface area (Å²) in [7, 11) is 0. The second-order valence-corrected chi connectivity index (χ2v) is 5.30. The lowest BCUT2D eigenvalue weighted by Crippen LogP contribution is -2.28. The zero-order valence-corrected chi connectivity index (χ0v) is 12.5. The minimum atomic E-state index is -1.01. The van der Waals surface area contributed by atoms with Gasteiger partial charge in [-0.2, -0.15) is 0 Å². The lowest BCUT2D eigenvalue weighted by molar-refractivity contribution is -0.133. The molecule has 0 saturated carbocycles. The van der Waals surface area contributed by atoms with E-state index in [0.29, 0.717) is 36.2 Å². The summed E-state index contributed by atoms with van der Waals surface area (Å²) < 4.78 is 0. The molecule has 1 heterocycles. The number of hydrogen-bond donors (Lipinski definition) is 1. The van der Waals surface area contributed by atoms with E-state index < -0.39 is 5.97 Å². The number of anilines is 2. The van der Waals surface area contributed by atoms with Crippen molar-refractivity contribution >= 4 is 23.3 Å². The smallest absolute Gasteiger partial charge is 0.332 e. The number of aliphatic carboxylic acids is 1. The molecule has 0 aliphatic heterocycles. The van der Waals surface area contributed by atoms with E-state index in [4.69, 9.17) is 0 Å². The van der Waals surface area contributed by atoms with Gasteiger partial charge in [-0.25, -0.2) is 4.79 Å². The second-order valence-electron chi connectivity index (χ2n) is 5.30. The zero-order valence-electron chi connectivity index (χ0n) is 12.5. The number of amides is 1. The Bertz CT molecular complexity index is 715. The van der Waals surface area contributed by atoms with Crippen molar-refractivity contribution in [2.75, 3.05) is 4.90 Å². The molecule has 0 radical (unpaired) electrons. The van der Waals surface area contributed by atoms with E-state index in [1.54, 1.807) is 24.5 Å². The summed E-state index contributed by atoms with van der Waals surface area (Å²) in [4.78, 5) is 30.0. The van der Waals surface area contributed by atoms with E-state index in [1.165, 1.54) is 4.90 Å². The van der Waals surface area contributed by atoms with Crippen LogP contribution in [0.3, 0.4) is 0 Å². The number of benzene rings is 1. The third kappa shape index (κ3) is 2.99. The average molecular weight is 308 g/mol. The predicted octanol–water partition coefficient (Wildman–Crippen LogP) is 3.31. The summed E-state index contributed by atoms with van der Waals surface area (Å²) in [5.74, 6) is -1.30. The van der Waals surface area contributed by atoms with Gasteiger partial charge in [-0.1, -0.05) is 18.2 Å². The summed E-state index contributed by atoms with van der Waals surface area (Å²) in [5.41, 5.74) is 1.91. The molecule has 1 N–H and O–H groups in total. The van der Waals surface area contributed by atoms with Gasteiger partial charge in [-0.15, -0.1) is 0 Å². The molecule has 5 heteroatoms. The fourth-order valence-corrected chi connectivity index (χ4v) is 2.80. The molecule has 1 aromatic heterocycles. The van der Waals surface area contributed by atoms with Crippen LogP contribution in [0, 0.1) is 0 Å². The molecular weight excluding hydrogens is 292 g/mol. The molecule has 1 aliphatic carbocycles. The van der Waals surface area contributed by atoms with Crippen LogP contribution in [0.2, 0.25) is 0 Å². The molecule has 23 heavy (non-hydrogen) atoms. The van der Waals surface area contributed by atoms with Gasteiger partial charge in [0, 0.05) is 23.0 Å². The van der Waals surface area contributed by atoms with Gasteiger partial charge in [-0.05, 0) is 43.5 Å². The van der Waals surface area contributed by atoms with Crippen LogP contribution < -0.4 is 4.90 Å². The number of carboxylic acids is 1. The van der Waals surface area contributed by atoms with E-state index in [1.807, 2.05) is 30.3 Å². The molecule has 2 aromatic rings. The van der Waals surface area contributed by atoms with Crippen LogP contribution in [-0.2, 0) is 9.59 Å². The van der Waals surface area contributed by atoms with Crippen molar-refractivity contribution in [2.24, 2.45) is 0 Å². The Kier molecular flexibility index (Phi) is 4.19. The predicted molar refractivity (Wildman–Crippen MR) is 86.3 cm³/mol. The number of para-hydroxylation sites is 1. The molecule has 0 fully saturated rings. The van der Waals surface area contributed by atoms with Gasteiger partial charge >= 0.3 is 5.97 Å². The van der Waals surface area contributed by atoms with Crippen LogP contribution in [0.4, 0.5) is 11.4 Å². The zero-order chi connectivity index (χ0) is 16.2. The summed E-state index contributed by atoms with van der Waals surface area (Å²) in [6, 6.07) is 12.7. The Labute approximate surface area is 133 Å². The van der Waals surface area contributed by atoms with Crippen LogP contribution in [0.15, 0.2) is 66.0 Å². The van der Waals surface area contributed by atoms with E-state index in [2.05, 4.69) is 4.98 Å². The fraction of sp³-hybridized carbons (Fsp3) is 0.167. The molecule has 0 unspecified atom stereocenters. The van der Waals surface area contributed by atoms with Gasteiger partial charge < -0.3 is 5.11 Å². The molecular formula is C18H16N2O3. The molecule has 1 aromatic carbocycles. The normalized spacial score (nSPS) is 13.9. The van der Waals surface area contributed by atoms with E-state index in [9.17, 15) is 14.7 Å². The van der Waals surface area contributed by atoms with E-state index >= 15 is 0 Å². The topological polar surface area (TPSA) is 70.5 Å². The fourth-order valence-electron chi connectivity index (χ4n) is 2.80. The first-order chi connectivity index (χ1) is 11.2. The molecule has 0 atom stereocenters. The molecule has 5 nitrogen and oxygen atoms in total. The van der Waals surface area contributed by atoms with Crippen molar-refractivity contribution in [3.05, 3.63) is 66.0 Å². The molecule has 1 aliphatic rings. The monoisotopic (exact) mass is 308 g/mol. The second kappa shape index (κ2) is 6.44. The quantitative estimate of drug-likeness (QED) is 0.940. The molecule has 0 saturated heterocycles. The van der Waals surface area contributed by atoms with Crippen molar-refractivity contribution in [1.29, 1.82) is 0 Å². The minimum absolute atomic E-state index is 0.222. The van der Waals surface area contributed by atoms with Crippen molar-refractivity contribution in [3.8, 4) is 0 Å². The number of pyridine rings is 1. The van der Waals surface area contributed by atoms with Crippen molar-refractivity contribution in [3.63, 3.8) is 0 Å². The lowest BCUT2D eigenvalue weighted by Gasteiger charge is -2.23. The first kappa shape index (κ1) is 15.0. The van der Waals surface area contributed by atoms with E-state index in [0.717, 1.165) is 0 Å². The van der Waals surface area contributed by atoms with Gasteiger partial charge in [-0.3, -0.25) is 14.7 Å². The third-order valence-corrected chi connectivity index (χ3v) is 3.86. The maximum Gasteiger partial charge on any atom is 0.332 e. The lowest BCUT2D eigenvalue weighted by atomic mass is 10.1. The molecule has 0 bridgehead atoms. The summed E-state index contributed by atoms with van der Waals surface area (Å²) in [6.07, 6.45) is 4.85. The number of rotatable bonds is 4. The van der Waals surface area contributed by atoms with Crippen LogP contribution in [0.5, 0.6) is 0 Å². The number of aromatic nitrogens is 1. The van der Waals surface area contributed by atoms with Crippen LogP contribution in [-0.4, -0.2) is 22.0 Å². The average Bonchev–Trinajstić information content (AvgIpc) is 3.07. The SMILES string of the molecule is O=C(O)C1=C(C(=O)N(c2ccccc2)c2cccnc2)CCC1. The molecule has 3 rings (SSSR count). The number of nitrogens with zero attached hydrogens (tertiary/aromatic N) is 2. The van der Waals surface area contributed by atoms with Gasteiger partial charge in [0.05, 0.1) is 11.9 Å². The molecule has 1 amide bonds. The third-order valence-electron chi connectivity index (χ3n) is 3.86. The molecule has 116 valence electrons. The number of carbonyl (C=O) groups is 2. The van der Waals surface area contributed by atoms with Gasteiger partial charge in [0.25, 0.3) is 5.91 Å². The Morgan fingerprint density at radius 2 is 1.65 bits per heavy atom. The van der Waals surface area contributed by atoms with Gasteiger partial charge in [0.2, 0.25) is 0 Å². The highest BCUT2D eigenvalue weighted by molar-refractivity contribution is 6.14. The minimum Gasteiger partial charge on any atom is -0.478 e. The van der Waals surface area contributed by atoms with Crippen molar-refractivity contribution in [1.82, 2.24) is 4.98 Å². The number of carbonyl (C=O) groups excluding carboxylic acids is 1. The standard InChI is InChI=1S/C18H16N2O3/c21-17(15-9-4-10-16(15)18(22)23)20(13-6-2-1-3-7-13)14-8-5-11-19-12-14/h1-3,5-8,11-12H,4,9-10H2,(H,22,23). The number of hydrogen-bond acceptors (Lipinski definition) is 3. The van der Waals surface area contributed by atoms with Gasteiger partial charge in [0.1, 0.15) is 0 Å². The molecule has 0 spiro atoms. The maximum absolute atomic E-state index is 13.0.